The van der Waals surface area contributed by atoms with E-state index in [1.54, 1.807) is 36.4 Å². The van der Waals surface area contributed by atoms with Crippen LogP contribution in [0.5, 0.6) is 5.75 Å². The van der Waals surface area contributed by atoms with Crippen molar-refractivity contribution in [1.82, 2.24) is 14.2 Å². The number of carboxylic acids is 1. The van der Waals surface area contributed by atoms with E-state index in [0.717, 1.165) is 23.9 Å². The minimum absolute atomic E-state index is 0.0446. The number of aliphatic hydroxyl groups is 1. The second-order valence-corrected chi connectivity index (χ2v) is 12.0. The van der Waals surface area contributed by atoms with Crippen molar-refractivity contribution in [3.05, 3.63) is 65.2 Å². The van der Waals surface area contributed by atoms with Crippen molar-refractivity contribution < 1.29 is 42.1 Å². The lowest BCUT2D eigenvalue weighted by atomic mass is 9.97. The quantitative estimate of drug-likeness (QED) is 0.292. The second kappa shape index (κ2) is 11.1. The maximum absolute atomic E-state index is 16.2. The molecule has 3 aromatic rings. The SMILES string of the molecule is CC(C)N([C@@H](C)C(=O)O)[P@](=O)(OC[C@@]1(F)O[C@@H](n2ccc(N)nc2=O)[C@](C)(F)[C@@H]1O)Oc1cccc2ccccc12. The molecule has 1 aliphatic rings. The average Bonchev–Trinajstić information content (AvgIpc) is 3.08. The van der Waals surface area contributed by atoms with E-state index in [2.05, 4.69) is 4.98 Å². The van der Waals surface area contributed by atoms with Gasteiger partial charge in [-0.15, -0.1) is 0 Å². The molecule has 0 amide bonds. The molecular formula is C26H31F2N4O8P. The van der Waals surface area contributed by atoms with Crippen molar-refractivity contribution in [2.24, 2.45) is 0 Å². The lowest BCUT2D eigenvalue weighted by molar-refractivity contribution is -0.204. The Morgan fingerprint density at radius 1 is 1.22 bits per heavy atom. The van der Waals surface area contributed by atoms with E-state index in [1.807, 2.05) is 0 Å². The highest BCUT2D eigenvalue weighted by Gasteiger charge is 2.65. The highest BCUT2D eigenvalue weighted by molar-refractivity contribution is 7.51. The number of benzene rings is 2. The van der Waals surface area contributed by atoms with E-state index in [9.17, 15) is 24.4 Å². The zero-order chi connectivity index (χ0) is 30.3. The van der Waals surface area contributed by atoms with Gasteiger partial charge in [-0.25, -0.2) is 18.1 Å². The summed E-state index contributed by atoms with van der Waals surface area (Å²) in [5.74, 6) is -4.86. The smallest absolute Gasteiger partial charge is 0.462 e. The summed E-state index contributed by atoms with van der Waals surface area (Å²) in [4.78, 5) is 27.8. The van der Waals surface area contributed by atoms with Gasteiger partial charge in [-0.05, 0) is 45.2 Å². The monoisotopic (exact) mass is 596 g/mol. The van der Waals surface area contributed by atoms with Gasteiger partial charge in [-0.2, -0.15) is 9.65 Å². The van der Waals surface area contributed by atoms with Gasteiger partial charge < -0.3 is 25.2 Å². The highest BCUT2D eigenvalue weighted by atomic mass is 31.2. The summed E-state index contributed by atoms with van der Waals surface area (Å²) in [6, 6.07) is 10.7. The zero-order valence-corrected chi connectivity index (χ0v) is 23.6. The van der Waals surface area contributed by atoms with Crippen LogP contribution in [0.2, 0.25) is 0 Å². The molecule has 1 aliphatic heterocycles. The molecule has 1 fully saturated rings. The molecule has 0 radical (unpaired) electrons. The fourth-order valence-electron chi connectivity index (χ4n) is 4.73. The molecule has 0 saturated carbocycles. The molecule has 2 aromatic carbocycles. The van der Waals surface area contributed by atoms with Crippen molar-refractivity contribution in [3.63, 3.8) is 0 Å². The summed E-state index contributed by atoms with van der Waals surface area (Å²) in [6.07, 6.45) is -3.53. The van der Waals surface area contributed by atoms with Crippen molar-refractivity contribution in [2.75, 3.05) is 12.3 Å². The number of hydrogen-bond acceptors (Lipinski definition) is 9. The predicted molar refractivity (Wildman–Crippen MR) is 145 cm³/mol. The number of rotatable bonds is 10. The first-order chi connectivity index (χ1) is 19.1. The molecule has 12 nitrogen and oxygen atoms in total. The molecule has 0 spiro atoms. The summed E-state index contributed by atoms with van der Waals surface area (Å²) in [5, 5.41) is 21.6. The van der Waals surface area contributed by atoms with Gasteiger partial charge in [-0.1, -0.05) is 36.4 Å². The lowest BCUT2D eigenvalue weighted by Crippen LogP contribution is -2.48. The summed E-state index contributed by atoms with van der Waals surface area (Å²) in [6.45, 7) is 3.75. The molecule has 2 heterocycles. The Morgan fingerprint density at radius 2 is 1.88 bits per heavy atom. The first kappa shape index (κ1) is 30.5. The number of hydrogen-bond donors (Lipinski definition) is 3. The Labute approximate surface area is 233 Å². The number of fused-ring (bicyclic) bond motifs is 1. The van der Waals surface area contributed by atoms with Crippen LogP contribution in [-0.4, -0.2) is 66.7 Å². The predicted octanol–water partition coefficient (Wildman–Crippen LogP) is 3.65. The van der Waals surface area contributed by atoms with Gasteiger partial charge >= 0.3 is 19.4 Å². The Balaban J connectivity index is 1.73. The largest absolute Gasteiger partial charge is 0.480 e. The molecular weight excluding hydrogens is 565 g/mol. The molecule has 222 valence electrons. The van der Waals surface area contributed by atoms with Crippen LogP contribution in [0, 0.1) is 0 Å². The van der Waals surface area contributed by atoms with Crippen molar-refractivity contribution >= 4 is 30.3 Å². The normalized spacial score (nSPS) is 26.8. The molecule has 0 unspecified atom stereocenters. The number of ether oxygens (including phenoxy) is 1. The Kier molecular flexibility index (Phi) is 8.27. The fraction of sp³-hybridized carbons (Fsp3) is 0.423. The average molecular weight is 597 g/mol. The third-order valence-corrected chi connectivity index (χ3v) is 9.05. The topological polar surface area (TPSA) is 166 Å². The number of aliphatic hydroxyl groups excluding tert-OH is 1. The number of carboxylic acid groups (broad SMARTS) is 1. The molecule has 15 heteroatoms. The lowest BCUT2D eigenvalue weighted by Gasteiger charge is -2.36. The first-order valence-corrected chi connectivity index (χ1v) is 14.1. The molecule has 4 N–H and O–H groups in total. The Morgan fingerprint density at radius 3 is 2.51 bits per heavy atom. The number of nitrogens with zero attached hydrogens (tertiary/aromatic N) is 3. The number of carbonyl (C=O) groups is 1. The summed E-state index contributed by atoms with van der Waals surface area (Å²) in [7, 11) is -4.79. The van der Waals surface area contributed by atoms with Crippen LogP contribution in [-0.2, 0) is 18.6 Å². The van der Waals surface area contributed by atoms with Gasteiger partial charge in [0.25, 0.3) is 5.85 Å². The van der Waals surface area contributed by atoms with E-state index in [1.165, 1.54) is 26.8 Å². The van der Waals surface area contributed by atoms with Crippen LogP contribution < -0.4 is 15.9 Å². The van der Waals surface area contributed by atoms with Gasteiger partial charge in [-0.3, -0.25) is 13.9 Å². The maximum atomic E-state index is 16.2. The Hall–Kier alpha value is -3.42. The van der Waals surface area contributed by atoms with Crippen molar-refractivity contribution in [2.45, 2.75) is 63.6 Å². The number of nitrogen functional groups attached to an aromatic ring is 1. The van der Waals surface area contributed by atoms with Gasteiger partial charge in [0.05, 0.1) is 0 Å². The van der Waals surface area contributed by atoms with Crippen molar-refractivity contribution in [3.8, 4) is 5.75 Å². The van der Waals surface area contributed by atoms with Gasteiger partial charge in [0.2, 0.25) is 0 Å². The number of halogens is 2. The van der Waals surface area contributed by atoms with Crippen LogP contribution >= 0.6 is 7.75 Å². The molecule has 0 aliphatic carbocycles. The maximum Gasteiger partial charge on any atom is 0.462 e. The third kappa shape index (κ3) is 5.70. The van der Waals surface area contributed by atoms with E-state index in [-0.39, 0.29) is 11.6 Å². The van der Waals surface area contributed by atoms with Crippen molar-refractivity contribution in [1.29, 1.82) is 0 Å². The number of aromatic nitrogens is 2. The van der Waals surface area contributed by atoms with Gasteiger partial charge in [0, 0.05) is 17.6 Å². The molecule has 0 bridgehead atoms. The summed E-state index contributed by atoms with van der Waals surface area (Å²) < 4.78 is 64.5. The van der Waals surface area contributed by atoms with Gasteiger partial charge in [0.15, 0.2) is 18.0 Å². The second-order valence-electron chi connectivity index (χ2n) is 10.2. The molecule has 6 atom stereocenters. The molecule has 1 saturated heterocycles. The van der Waals surface area contributed by atoms with Crippen LogP contribution in [0.1, 0.15) is 33.9 Å². The van der Waals surface area contributed by atoms with Crippen LogP contribution in [0.15, 0.2) is 59.5 Å². The van der Waals surface area contributed by atoms with Crippen LogP contribution in [0.25, 0.3) is 10.8 Å². The molecule has 1 aromatic heterocycles. The molecule has 4 rings (SSSR count). The van der Waals surface area contributed by atoms with Crippen LogP contribution in [0.3, 0.4) is 0 Å². The number of anilines is 1. The zero-order valence-electron chi connectivity index (χ0n) is 22.7. The summed E-state index contributed by atoms with van der Waals surface area (Å²) in [5.41, 5.74) is 1.51. The number of alkyl halides is 2. The van der Waals surface area contributed by atoms with E-state index in [0.29, 0.717) is 15.3 Å². The van der Waals surface area contributed by atoms with E-state index >= 15 is 8.78 Å². The van der Waals surface area contributed by atoms with E-state index in [4.69, 9.17) is 19.5 Å². The Bertz CT molecular complexity index is 1550. The number of aliphatic carboxylic acids is 1. The molecule has 41 heavy (non-hydrogen) atoms. The standard InChI is InChI=1S/C26H31F2N4O8P/c1-15(2)32(16(3)21(33)34)41(37,40-19-11-7-9-17-8-5-6-10-18(17)19)38-14-26(28)22(35)25(4,27)23(39-26)31-13-12-20(29)30-24(31)36/h5-13,15-16,22-23,35H,14H2,1-4H3,(H,33,34)(H2,29,30,36)/t16-,22-,23+,25+,26+,41-/m0/s1. The van der Waals surface area contributed by atoms with Crippen LogP contribution in [0.4, 0.5) is 14.6 Å². The van der Waals surface area contributed by atoms with Gasteiger partial charge in [0.1, 0.15) is 24.2 Å². The number of nitrogens with two attached hydrogens (primary N) is 1. The third-order valence-electron chi connectivity index (χ3n) is 6.79. The van der Waals surface area contributed by atoms with E-state index < -0.39 is 62.0 Å². The summed E-state index contributed by atoms with van der Waals surface area (Å²) >= 11 is 0. The first-order valence-electron chi connectivity index (χ1n) is 12.6. The fourth-order valence-corrected chi connectivity index (χ4v) is 6.85. The minimum atomic E-state index is -4.79. The minimum Gasteiger partial charge on any atom is -0.480 e. The highest BCUT2D eigenvalue weighted by Crippen LogP contribution is 2.57.